The molecule has 0 aliphatic carbocycles. The van der Waals surface area contributed by atoms with Gasteiger partial charge in [0.05, 0.1) is 12.6 Å². The molecule has 138 valence electrons. The first-order chi connectivity index (χ1) is 11.9. The van der Waals surface area contributed by atoms with Crippen molar-refractivity contribution in [3.8, 4) is 0 Å². The largest absolute Gasteiger partial charge is 0.369 e. The van der Waals surface area contributed by atoms with Crippen LogP contribution < -0.4 is 11.1 Å². The number of halogens is 1. The van der Waals surface area contributed by atoms with Crippen LogP contribution in [0.1, 0.15) is 24.4 Å². The summed E-state index contributed by atoms with van der Waals surface area (Å²) >= 11 is 0. The molecular weight excluding hydrogens is 323 g/mol. The van der Waals surface area contributed by atoms with Gasteiger partial charge in [0.25, 0.3) is 0 Å². The minimum atomic E-state index is -0.337. The first kappa shape index (κ1) is 19.3. The van der Waals surface area contributed by atoms with Crippen molar-refractivity contribution in [3.05, 3.63) is 35.6 Å². The van der Waals surface area contributed by atoms with Gasteiger partial charge in [0, 0.05) is 12.5 Å². The van der Waals surface area contributed by atoms with E-state index in [1.54, 1.807) is 12.1 Å². The number of benzene rings is 1. The highest BCUT2D eigenvalue weighted by Crippen LogP contribution is 2.20. The summed E-state index contributed by atoms with van der Waals surface area (Å²) in [4.78, 5) is 27.4. The van der Waals surface area contributed by atoms with E-state index in [-0.39, 0.29) is 36.1 Å². The number of likely N-dealkylation sites (tertiary alicyclic amines) is 1. The molecule has 1 aliphatic heterocycles. The van der Waals surface area contributed by atoms with E-state index in [1.165, 1.54) is 12.1 Å². The van der Waals surface area contributed by atoms with Gasteiger partial charge in [0.1, 0.15) is 5.82 Å². The quantitative estimate of drug-likeness (QED) is 0.760. The number of rotatable bonds is 7. The minimum absolute atomic E-state index is 0.0144. The fourth-order valence-corrected chi connectivity index (χ4v) is 3.20. The Hall–Kier alpha value is -1.99. The van der Waals surface area contributed by atoms with Gasteiger partial charge < -0.3 is 16.0 Å². The summed E-state index contributed by atoms with van der Waals surface area (Å²) in [6.07, 6.45) is 1.45. The molecule has 1 aliphatic rings. The van der Waals surface area contributed by atoms with E-state index in [1.807, 2.05) is 23.9 Å². The lowest BCUT2D eigenvalue weighted by Gasteiger charge is -2.31. The maximum absolute atomic E-state index is 13.1. The number of carbonyl (C=O) groups excluding carboxylic acids is 2. The van der Waals surface area contributed by atoms with Crippen LogP contribution in [0.25, 0.3) is 0 Å². The summed E-state index contributed by atoms with van der Waals surface area (Å²) in [5.41, 5.74) is 6.16. The second-order valence-electron chi connectivity index (χ2n) is 6.79. The van der Waals surface area contributed by atoms with Crippen LogP contribution in [0.5, 0.6) is 0 Å². The van der Waals surface area contributed by atoms with Gasteiger partial charge in [-0.15, -0.1) is 0 Å². The third-order valence-electron chi connectivity index (χ3n) is 4.69. The SMILES string of the molecule is CN(C)[C@H](CNC(=O)C1CCN(CC(N)=O)CC1)c1ccc(F)cc1. The molecule has 0 bridgehead atoms. The Labute approximate surface area is 148 Å². The molecule has 2 amide bonds. The average molecular weight is 350 g/mol. The molecule has 25 heavy (non-hydrogen) atoms. The molecule has 0 saturated carbocycles. The highest BCUT2D eigenvalue weighted by molar-refractivity contribution is 5.79. The summed E-state index contributed by atoms with van der Waals surface area (Å²) in [5, 5.41) is 3.02. The van der Waals surface area contributed by atoms with E-state index in [2.05, 4.69) is 5.32 Å². The van der Waals surface area contributed by atoms with Crippen LogP contribution >= 0.6 is 0 Å². The number of nitrogens with one attached hydrogen (secondary N) is 1. The fourth-order valence-electron chi connectivity index (χ4n) is 3.20. The van der Waals surface area contributed by atoms with Crippen molar-refractivity contribution in [1.29, 1.82) is 0 Å². The molecule has 1 atom stereocenters. The first-order valence-electron chi connectivity index (χ1n) is 8.57. The van der Waals surface area contributed by atoms with E-state index < -0.39 is 0 Å². The highest BCUT2D eigenvalue weighted by Gasteiger charge is 2.26. The zero-order valence-electron chi connectivity index (χ0n) is 14.9. The van der Waals surface area contributed by atoms with Crippen molar-refractivity contribution in [2.45, 2.75) is 18.9 Å². The number of hydrogen-bond donors (Lipinski definition) is 2. The van der Waals surface area contributed by atoms with Gasteiger partial charge in [0.15, 0.2) is 0 Å². The van der Waals surface area contributed by atoms with Crippen LogP contribution in [0.2, 0.25) is 0 Å². The number of likely N-dealkylation sites (N-methyl/N-ethyl adjacent to an activating group) is 1. The molecule has 1 fully saturated rings. The molecule has 0 spiro atoms. The van der Waals surface area contributed by atoms with Crippen LogP contribution in [0.4, 0.5) is 4.39 Å². The number of hydrogen-bond acceptors (Lipinski definition) is 4. The second-order valence-corrected chi connectivity index (χ2v) is 6.79. The zero-order chi connectivity index (χ0) is 18.4. The molecule has 0 unspecified atom stereocenters. The number of piperidine rings is 1. The van der Waals surface area contributed by atoms with Crippen molar-refractivity contribution >= 4 is 11.8 Å². The average Bonchev–Trinajstić information content (AvgIpc) is 2.56. The number of nitrogens with two attached hydrogens (primary N) is 1. The normalized spacial score (nSPS) is 17.4. The third-order valence-corrected chi connectivity index (χ3v) is 4.69. The van der Waals surface area contributed by atoms with E-state index in [9.17, 15) is 14.0 Å². The maximum atomic E-state index is 13.1. The fraction of sp³-hybridized carbons (Fsp3) is 0.556. The lowest BCUT2D eigenvalue weighted by atomic mass is 9.95. The van der Waals surface area contributed by atoms with Crippen molar-refractivity contribution < 1.29 is 14.0 Å². The molecule has 2 rings (SSSR count). The predicted octanol–water partition coefficient (Wildman–Crippen LogP) is 0.742. The zero-order valence-corrected chi connectivity index (χ0v) is 14.9. The predicted molar refractivity (Wildman–Crippen MR) is 94.2 cm³/mol. The summed E-state index contributed by atoms with van der Waals surface area (Å²) in [6.45, 7) is 2.13. The Bertz CT molecular complexity index is 583. The van der Waals surface area contributed by atoms with Gasteiger partial charge >= 0.3 is 0 Å². The summed E-state index contributed by atoms with van der Waals surface area (Å²) in [6, 6.07) is 6.34. The molecule has 0 aromatic heterocycles. The third kappa shape index (κ3) is 5.79. The van der Waals surface area contributed by atoms with Gasteiger partial charge in [-0.1, -0.05) is 12.1 Å². The second kappa shape index (κ2) is 8.92. The lowest BCUT2D eigenvalue weighted by Crippen LogP contribution is -2.44. The van der Waals surface area contributed by atoms with Gasteiger partial charge in [-0.3, -0.25) is 14.5 Å². The van der Waals surface area contributed by atoms with E-state index >= 15 is 0 Å². The lowest BCUT2D eigenvalue weighted by molar-refractivity contribution is -0.126. The van der Waals surface area contributed by atoms with Gasteiger partial charge in [-0.2, -0.15) is 0 Å². The Morgan fingerprint density at radius 1 is 1.28 bits per heavy atom. The Balaban J connectivity index is 1.85. The van der Waals surface area contributed by atoms with Gasteiger partial charge in [-0.25, -0.2) is 4.39 Å². The number of carbonyl (C=O) groups is 2. The van der Waals surface area contributed by atoms with Crippen LogP contribution in [0, 0.1) is 11.7 Å². The van der Waals surface area contributed by atoms with Gasteiger partial charge in [-0.05, 0) is 57.7 Å². The molecule has 6 nitrogen and oxygen atoms in total. The summed E-state index contributed by atoms with van der Waals surface area (Å²) in [5.74, 6) is -0.614. The van der Waals surface area contributed by atoms with E-state index in [4.69, 9.17) is 5.73 Å². The maximum Gasteiger partial charge on any atom is 0.231 e. The highest BCUT2D eigenvalue weighted by atomic mass is 19.1. The van der Waals surface area contributed by atoms with Gasteiger partial charge in [0.2, 0.25) is 11.8 Å². The van der Waals surface area contributed by atoms with Crippen LogP contribution in [0.15, 0.2) is 24.3 Å². The molecular formula is C18H27FN4O2. The topological polar surface area (TPSA) is 78.7 Å². The summed E-state index contributed by atoms with van der Waals surface area (Å²) in [7, 11) is 3.87. The monoisotopic (exact) mass is 350 g/mol. The van der Waals surface area contributed by atoms with Crippen molar-refractivity contribution in [1.82, 2.24) is 15.1 Å². The molecule has 1 aromatic rings. The molecule has 3 N–H and O–H groups in total. The van der Waals surface area contributed by atoms with E-state index in [0.717, 1.165) is 18.4 Å². The standard InChI is InChI=1S/C18H27FN4O2/c1-22(2)16(13-3-5-15(19)6-4-13)11-21-18(25)14-7-9-23(10-8-14)12-17(20)24/h3-6,14,16H,7-12H2,1-2H3,(H2,20,24)(H,21,25)/t16-/m1/s1. The van der Waals surface area contributed by atoms with E-state index in [0.29, 0.717) is 19.6 Å². The Kier molecular flexibility index (Phi) is 6.90. The molecule has 1 saturated heterocycles. The number of primary amides is 1. The van der Waals surface area contributed by atoms with Crippen LogP contribution in [-0.4, -0.2) is 61.9 Å². The summed E-state index contributed by atoms with van der Waals surface area (Å²) < 4.78 is 13.1. The molecule has 1 aromatic carbocycles. The van der Waals surface area contributed by atoms with Crippen LogP contribution in [0.3, 0.4) is 0 Å². The minimum Gasteiger partial charge on any atom is -0.369 e. The number of amides is 2. The Morgan fingerprint density at radius 3 is 2.40 bits per heavy atom. The Morgan fingerprint density at radius 2 is 1.88 bits per heavy atom. The van der Waals surface area contributed by atoms with Crippen molar-refractivity contribution in [2.75, 3.05) is 40.3 Å². The molecule has 1 heterocycles. The smallest absolute Gasteiger partial charge is 0.231 e. The van der Waals surface area contributed by atoms with Crippen molar-refractivity contribution in [2.24, 2.45) is 11.7 Å². The first-order valence-corrected chi connectivity index (χ1v) is 8.57. The van der Waals surface area contributed by atoms with Crippen LogP contribution in [-0.2, 0) is 9.59 Å². The van der Waals surface area contributed by atoms with Crippen molar-refractivity contribution in [3.63, 3.8) is 0 Å². The molecule has 0 radical (unpaired) electrons. The number of nitrogens with zero attached hydrogens (tertiary/aromatic N) is 2. The molecule has 7 heteroatoms.